The Bertz CT molecular complexity index is 176. The highest BCUT2D eigenvalue weighted by Crippen LogP contribution is 2.20. The Kier molecular flexibility index (Phi) is 1.12. The molecule has 0 aliphatic carbocycles. The van der Waals surface area contributed by atoms with Crippen molar-refractivity contribution in [1.29, 1.82) is 0 Å². The van der Waals surface area contributed by atoms with Gasteiger partial charge in [-0.25, -0.2) is 0 Å². The molecule has 0 radical (unpaired) electrons. The van der Waals surface area contributed by atoms with Crippen LogP contribution in [0, 0.1) is 0 Å². The summed E-state index contributed by atoms with van der Waals surface area (Å²) in [4.78, 5) is 21.6. The summed E-state index contributed by atoms with van der Waals surface area (Å²) >= 11 is 0. The van der Waals surface area contributed by atoms with E-state index < -0.39 is 12.2 Å². The summed E-state index contributed by atoms with van der Waals surface area (Å²) in [5.41, 5.74) is 0. The van der Waals surface area contributed by atoms with E-state index in [4.69, 9.17) is 9.47 Å². The first-order chi connectivity index (χ1) is 4.79. The van der Waals surface area contributed by atoms with E-state index in [0.29, 0.717) is 0 Å². The number of hydrogen-bond acceptors (Lipinski definition) is 4. The Morgan fingerprint density at radius 3 is 1.80 bits per heavy atom. The number of ether oxygens (including phenoxy) is 2. The molecule has 0 spiro atoms. The van der Waals surface area contributed by atoms with Gasteiger partial charge in [-0.3, -0.25) is 9.59 Å². The fraction of sp³-hybridized carbons (Fsp3) is 0.667. The summed E-state index contributed by atoms with van der Waals surface area (Å²) in [5.74, 6) is -0.230. The second-order valence-electron chi connectivity index (χ2n) is 2.40. The molecule has 2 aliphatic heterocycles. The molecule has 0 aromatic heterocycles. The highest BCUT2D eigenvalue weighted by atomic mass is 16.6. The lowest BCUT2D eigenvalue weighted by atomic mass is 10.1. The zero-order valence-corrected chi connectivity index (χ0v) is 5.20. The van der Waals surface area contributed by atoms with Gasteiger partial charge in [0.15, 0.2) is 23.8 Å². The van der Waals surface area contributed by atoms with E-state index in [1.807, 2.05) is 0 Å². The van der Waals surface area contributed by atoms with Crippen molar-refractivity contribution >= 4 is 11.6 Å². The zero-order chi connectivity index (χ0) is 7.14. The molecule has 10 heavy (non-hydrogen) atoms. The van der Waals surface area contributed by atoms with Crippen molar-refractivity contribution in [3.8, 4) is 0 Å². The molecule has 0 amide bonds. The highest BCUT2D eigenvalue weighted by Gasteiger charge is 2.46. The van der Waals surface area contributed by atoms with Crippen molar-refractivity contribution in [2.75, 3.05) is 13.2 Å². The molecule has 4 heteroatoms. The number of hydrogen-bond donors (Lipinski definition) is 0. The molecule has 2 aliphatic rings. The molecule has 2 atom stereocenters. The predicted molar refractivity (Wildman–Crippen MR) is 29.5 cm³/mol. The smallest absolute Gasteiger partial charge is 0.190 e. The van der Waals surface area contributed by atoms with Gasteiger partial charge in [-0.05, 0) is 0 Å². The Labute approximate surface area is 57.1 Å². The lowest BCUT2D eigenvalue weighted by Crippen LogP contribution is -2.25. The van der Waals surface area contributed by atoms with Gasteiger partial charge in [-0.2, -0.15) is 0 Å². The van der Waals surface area contributed by atoms with Gasteiger partial charge in [-0.1, -0.05) is 0 Å². The van der Waals surface area contributed by atoms with Gasteiger partial charge in [0.1, 0.15) is 13.2 Å². The van der Waals surface area contributed by atoms with Crippen LogP contribution >= 0.6 is 0 Å². The van der Waals surface area contributed by atoms with Crippen LogP contribution in [0.25, 0.3) is 0 Å². The highest BCUT2D eigenvalue weighted by molar-refractivity contribution is 5.99. The monoisotopic (exact) mass is 142 g/mol. The van der Waals surface area contributed by atoms with Crippen LogP contribution in [0.1, 0.15) is 0 Å². The third kappa shape index (κ3) is 0.629. The van der Waals surface area contributed by atoms with Crippen molar-refractivity contribution in [2.24, 2.45) is 0 Å². The molecular formula is C6H6O4. The van der Waals surface area contributed by atoms with Crippen LogP contribution in [0.2, 0.25) is 0 Å². The molecule has 4 nitrogen and oxygen atoms in total. The molecule has 2 saturated heterocycles. The van der Waals surface area contributed by atoms with Gasteiger partial charge >= 0.3 is 0 Å². The van der Waals surface area contributed by atoms with Crippen molar-refractivity contribution in [2.45, 2.75) is 12.2 Å². The Balaban J connectivity index is 2.24. The minimum Gasteiger partial charge on any atom is -0.359 e. The largest absolute Gasteiger partial charge is 0.359 e. The van der Waals surface area contributed by atoms with Crippen LogP contribution in [-0.2, 0) is 19.1 Å². The third-order valence-corrected chi connectivity index (χ3v) is 1.72. The van der Waals surface area contributed by atoms with E-state index in [9.17, 15) is 9.59 Å². The number of ketones is 2. The summed E-state index contributed by atoms with van der Waals surface area (Å²) < 4.78 is 9.75. The summed E-state index contributed by atoms with van der Waals surface area (Å²) in [5, 5.41) is 0. The molecule has 54 valence electrons. The molecule has 0 saturated carbocycles. The molecule has 0 aromatic rings. The van der Waals surface area contributed by atoms with E-state index in [1.165, 1.54) is 0 Å². The van der Waals surface area contributed by atoms with Gasteiger partial charge in [0, 0.05) is 0 Å². The molecular weight excluding hydrogens is 136 g/mol. The summed E-state index contributed by atoms with van der Waals surface area (Å²) in [6.07, 6.45) is -1.18. The Hall–Kier alpha value is -0.740. The SMILES string of the molecule is O=C1CO[C@H]2C(=O)CO[C@@H]12. The minimum atomic E-state index is -0.590. The number of rotatable bonds is 0. The number of carbonyl (C=O) groups excluding carboxylic acids is 2. The lowest BCUT2D eigenvalue weighted by Gasteiger charge is -1.99. The van der Waals surface area contributed by atoms with E-state index in [-0.39, 0.29) is 24.8 Å². The second-order valence-corrected chi connectivity index (χ2v) is 2.40. The predicted octanol–water partition coefficient (Wildman–Crippen LogP) is -1.08. The van der Waals surface area contributed by atoms with Gasteiger partial charge in [-0.15, -0.1) is 0 Å². The van der Waals surface area contributed by atoms with E-state index in [0.717, 1.165) is 0 Å². The molecule has 2 heterocycles. The third-order valence-electron chi connectivity index (χ3n) is 1.72. The first-order valence-corrected chi connectivity index (χ1v) is 3.07. The fourth-order valence-corrected chi connectivity index (χ4v) is 1.21. The number of carbonyl (C=O) groups is 2. The average Bonchev–Trinajstić information content (AvgIpc) is 2.41. The maximum Gasteiger partial charge on any atom is 0.190 e. The molecule has 0 aromatic carbocycles. The molecule has 0 bridgehead atoms. The maximum absolute atomic E-state index is 10.8. The van der Waals surface area contributed by atoms with Gasteiger partial charge in [0.2, 0.25) is 0 Å². The molecule has 0 N–H and O–H groups in total. The lowest BCUT2D eigenvalue weighted by molar-refractivity contribution is -0.127. The van der Waals surface area contributed by atoms with Crippen molar-refractivity contribution in [3.63, 3.8) is 0 Å². The summed E-state index contributed by atoms with van der Waals surface area (Å²) in [6, 6.07) is 0. The molecule has 0 unspecified atom stereocenters. The molecule has 2 rings (SSSR count). The van der Waals surface area contributed by atoms with Crippen LogP contribution in [0.3, 0.4) is 0 Å². The van der Waals surface area contributed by atoms with E-state index in [2.05, 4.69) is 0 Å². The van der Waals surface area contributed by atoms with Gasteiger partial charge < -0.3 is 9.47 Å². The fourth-order valence-electron chi connectivity index (χ4n) is 1.21. The van der Waals surface area contributed by atoms with Crippen LogP contribution in [-0.4, -0.2) is 37.0 Å². The minimum absolute atomic E-state index is 0.0288. The maximum atomic E-state index is 10.8. The van der Waals surface area contributed by atoms with Crippen molar-refractivity contribution in [3.05, 3.63) is 0 Å². The Morgan fingerprint density at radius 2 is 1.40 bits per heavy atom. The second kappa shape index (κ2) is 1.87. The van der Waals surface area contributed by atoms with Crippen molar-refractivity contribution < 1.29 is 19.1 Å². The zero-order valence-electron chi connectivity index (χ0n) is 5.20. The topological polar surface area (TPSA) is 52.6 Å². The number of Topliss-reactive ketones (excluding diaryl/α,β-unsaturated/α-hetero) is 2. The van der Waals surface area contributed by atoms with E-state index >= 15 is 0 Å². The standard InChI is InChI=1S/C6H6O4/c7-3-1-9-6-4(8)2-10-5(3)6/h5-6H,1-2H2/t5-,6-/m0/s1. The van der Waals surface area contributed by atoms with Crippen LogP contribution in [0.5, 0.6) is 0 Å². The van der Waals surface area contributed by atoms with Gasteiger partial charge in [0.05, 0.1) is 0 Å². The normalized spacial score (nSPS) is 38.8. The molecule has 2 fully saturated rings. The van der Waals surface area contributed by atoms with Crippen molar-refractivity contribution in [1.82, 2.24) is 0 Å². The van der Waals surface area contributed by atoms with Crippen LogP contribution in [0.4, 0.5) is 0 Å². The first-order valence-electron chi connectivity index (χ1n) is 3.07. The quantitative estimate of drug-likeness (QED) is 0.431. The first kappa shape index (κ1) is 6.00. The van der Waals surface area contributed by atoms with Gasteiger partial charge in [0.25, 0.3) is 0 Å². The van der Waals surface area contributed by atoms with Crippen LogP contribution < -0.4 is 0 Å². The van der Waals surface area contributed by atoms with Crippen LogP contribution in [0.15, 0.2) is 0 Å². The van der Waals surface area contributed by atoms with E-state index in [1.54, 1.807) is 0 Å². The average molecular weight is 142 g/mol. The summed E-state index contributed by atoms with van der Waals surface area (Å²) in [6.45, 7) is 0.0577. The Morgan fingerprint density at radius 1 is 1.00 bits per heavy atom. The summed E-state index contributed by atoms with van der Waals surface area (Å²) in [7, 11) is 0. The number of fused-ring (bicyclic) bond motifs is 1.